The fourth-order valence-corrected chi connectivity index (χ4v) is 2.82. The zero-order chi connectivity index (χ0) is 16.6. The van der Waals surface area contributed by atoms with E-state index in [1.807, 2.05) is 26.0 Å². The highest BCUT2D eigenvalue weighted by atomic mass is 35.5. The smallest absolute Gasteiger partial charge is 0.225 e. The minimum absolute atomic E-state index is 0.268. The number of benzene rings is 1. The number of tetrazole rings is 1. The molecule has 0 aliphatic carbocycles. The number of hydrogen-bond acceptors (Lipinski definition) is 5. The van der Waals surface area contributed by atoms with Crippen LogP contribution in [-0.4, -0.2) is 25.0 Å². The Morgan fingerprint density at radius 3 is 2.91 bits per heavy atom. The number of hydrogen-bond donors (Lipinski definition) is 1. The predicted molar refractivity (Wildman–Crippen MR) is 91.5 cm³/mol. The van der Waals surface area contributed by atoms with Gasteiger partial charge in [-0.05, 0) is 60.0 Å². The number of aryl methyl sites for hydroxylation is 1. The SMILES string of the molecule is C/C(=C/Cc1c(C)nc(N)n2nnnc12)c1cc(Cl)ccc1Cl. The fraction of sp³-hybridized carbons (Fsp3) is 0.200. The summed E-state index contributed by atoms with van der Waals surface area (Å²) in [7, 11) is 0. The van der Waals surface area contributed by atoms with Crippen molar-refractivity contribution in [3.8, 4) is 0 Å². The van der Waals surface area contributed by atoms with Crippen LogP contribution in [0.5, 0.6) is 0 Å². The van der Waals surface area contributed by atoms with Gasteiger partial charge in [0.05, 0.1) is 0 Å². The van der Waals surface area contributed by atoms with Crippen LogP contribution in [-0.2, 0) is 6.42 Å². The van der Waals surface area contributed by atoms with Crippen LogP contribution in [0.3, 0.4) is 0 Å². The normalized spacial score (nSPS) is 12.1. The number of anilines is 1. The molecule has 0 aliphatic heterocycles. The number of nitrogen functional groups attached to an aromatic ring is 1. The van der Waals surface area contributed by atoms with E-state index in [1.165, 1.54) is 4.52 Å². The van der Waals surface area contributed by atoms with Crippen molar-refractivity contribution in [2.45, 2.75) is 20.3 Å². The molecule has 0 unspecified atom stereocenters. The predicted octanol–water partition coefficient (Wildman–Crippen LogP) is 3.36. The van der Waals surface area contributed by atoms with E-state index in [0.717, 1.165) is 22.4 Å². The minimum atomic E-state index is 0.268. The summed E-state index contributed by atoms with van der Waals surface area (Å²) in [5.41, 5.74) is 10.1. The van der Waals surface area contributed by atoms with Gasteiger partial charge in [-0.1, -0.05) is 29.3 Å². The number of aromatic nitrogens is 5. The van der Waals surface area contributed by atoms with Crippen LogP contribution in [0.1, 0.15) is 23.7 Å². The molecule has 2 aromatic heterocycles. The molecule has 0 radical (unpaired) electrons. The molecule has 0 spiro atoms. The van der Waals surface area contributed by atoms with E-state index < -0.39 is 0 Å². The Balaban J connectivity index is 1.99. The summed E-state index contributed by atoms with van der Waals surface area (Å²) in [6.07, 6.45) is 2.66. The van der Waals surface area contributed by atoms with Gasteiger partial charge in [0.2, 0.25) is 5.95 Å². The lowest BCUT2D eigenvalue weighted by Crippen LogP contribution is -2.07. The van der Waals surface area contributed by atoms with Crippen molar-refractivity contribution in [1.29, 1.82) is 0 Å². The quantitative estimate of drug-likeness (QED) is 0.784. The second-order valence-corrected chi connectivity index (χ2v) is 6.01. The number of nitrogens with zero attached hydrogens (tertiary/aromatic N) is 5. The van der Waals surface area contributed by atoms with E-state index in [2.05, 4.69) is 20.5 Å². The zero-order valence-corrected chi connectivity index (χ0v) is 14.1. The van der Waals surface area contributed by atoms with E-state index in [0.29, 0.717) is 22.1 Å². The molecule has 8 heteroatoms. The highest BCUT2D eigenvalue weighted by Gasteiger charge is 2.12. The molecule has 3 rings (SSSR count). The summed E-state index contributed by atoms with van der Waals surface area (Å²) >= 11 is 12.3. The number of nitrogens with two attached hydrogens (primary N) is 1. The molecule has 0 fully saturated rings. The summed E-state index contributed by atoms with van der Waals surface area (Å²) in [5, 5.41) is 12.8. The van der Waals surface area contributed by atoms with Gasteiger partial charge in [0.1, 0.15) is 0 Å². The van der Waals surface area contributed by atoms with Gasteiger partial charge in [-0.15, -0.1) is 5.10 Å². The molecule has 3 aromatic rings. The maximum Gasteiger partial charge on any atom is 0.225 e. The average molecular weight is 349 g/mol. The lowest BCUT2D eigenvalue weighted by molar-refractivity contribution is 0.814. The molecule has 118 valence electrons. The minimum Gasteiger partial charge on any atom is -0.368 e. The molecule has 2 N–H and O–H groups in total. The van der Waals surface area contributed by atoms with Crippen LogP contribution in [0.4, 0.5) is 5.95 Å². The van der Waals surface area contributed by atoms with Gasteiger partial charge in [-0.3, -0.25) is 0 Å². The third-order valence-corrected chi connectivity index (χ3v) is 4.21. The Hall–Kier alpha value is -2.18. The van der Waals surface area contributed by atoms with Gasteiger partial charge < -0.3 is 5.73 Å². The first kappa shape index (κ1) is 15.7. The Morgan fingerprint density at radius 1 is 1.35 bits per heavy atom. The van der Waals surface area contributed by atoms with Crippen LogP contribution in [0, 0.1) is 6.92 Å². The summed E-state index contributed by atoms with van der Waals surface area (Å²) in [6.45, 7) is 3.87. The molecule has 23 heavy (non-hydrogen) atoms. The first-order chi connectivity index (χ1) is 11.0. The van der Waals surface area contributed by atoms with Gasteiger partial charge in [0.15, 0.2) is 5.65 Å². The van der Waals surface area contributed by atoms with Crippen molar-refractivity contribution < 1.29 is 0 Å². The number of fused-ring (bicyclic) bond motifs is 1. The standard InChI is InChI=1S/C15H14Cl2N6/c1-8(12-7-10(16)4-6-13(12)17)3-5-11-9(2)19-15(18)23-14(11)20-21-22-23/h3-4,6-7H,5H2,1-2H3,(H2,18,19)/b8-3-. The van der Waals surface area contributed by atoms with E-state index in [4.69, 9.17) is 28.9 Å². The molecule has 0 aliphatic rings. The molecule has 0 amide bonds. The van der Waals surface area contributed by atoms with Crippen LogP contribution < -0.4 is 5.73 Å². The number of halogens is 2. The first-order valence-corrected chi connectivity index (χ1v) is 7.68. The van der Waals surface area contributed by atoms with Crippen LogP contribution in [0.25, 0.3) is 11.2 Å². The highest BCUT2D eigenvalue weighted by molar-refractivity contribution is 6.34. The maximum absolute atomic E-state index is 6.24. The number of allylic oxidation sites excluding steroid dienone is 2. The summed E-state index contributed by atoms with van der Waals surface area (Å²) in [5.74, 6) is 0.268. The second kappa shape index (κ2) is 6.14. The Bertz CT molecular complexity index is 916. The fourth-order valence-electron chi connectivity index (χ4n) is 2.38. The zero-order valence-electron chi connectivity index (χ0n) is 12.6. The van der Waals surface area contributed by atoms with Gasteiger partial charge >= 0.3 is 0 Å². The van der Waals surface area contributed by atoms with Gasteiger partial charge in [0.25, 0.3) is 0 Å². The van der Waals surface area contributed by atoms with E-state index in [-0.39, 0.29) is 5.95 Å². The lowest BCUT2D eigenvalue weighted by atomic mass is 10.0. The van der Waals surface area contributed by atoms with Crippen molar-refractivity contribution in [2.24, 2.45) is 0 Å². The topological polar surface area (TPSA) is 82.0 Å². The molecule has 1 aromatic carbocycles. The van der Waals surface area contributed by atoms with Crippen molar-refractivity contribution in [1.82, 2.24) is 25.0 Å². The molecule has 2 heterocycles. The summed E-state index contributed by atoms with van der Waals surface area (Å²) in [6, 6.07) is 5.39. The van der Waals surface area contributed by atoms with E-state index in [1.54, 1.807) is 12.1 Å². The Kier molecular flexibility index (Phi) is 4.19. The maximum atomic E-state index is 6.24. The highest BCUT2D eigenvalue weighted by Crippen LogP contribution is 2.27. The average Bonchev–Trinajstić information content (AvgIpc) is 2.99. The molecule has 0 atom stereocenters. The van der Waals surface area contributed by atoms with E-state index in [9.17, 15) is 0 Å². The van der Waals surface area contributed by atoms with Crippen molar-refractivity contribution in [2.75, 3.05) is 5.73 Å². The molecular formula is C15H14Cl2N6. The van der Waals surface area contributed by atoms with Crippen molar-refractivity contribution in [3.63, 3.8) is 0 Å². The van der Waals surface area contributed by atoms with Crippen LogP contribution in [0.15, 0.2) is 24.3 Å². The molecular weight excluding hydrogens is 335 g/mol. The van der Waals surface area contributed by atoms with Gasteiger partial charge in [0, 0.05) is 21.3 Å². The third-order valence-electron chi connectivity index (χ3n) is 3.64. The molecule has 6 nitrogen and oxygen atoms in total. The van der Waals surface area contributed by atoms with Gasteiger partial charge in [-0.2, -0.15) is 4.52 Å². The molecule has 0 bridgehead atoms. The van der Waals surface area contributed by atoms with Crippen molar-refractivity contribution in [3.05, 3.63) is 51.1 Å². The summed E-state index contributed by atoms with van der Waals surface area (Å²) in [4.78, 5) is 4.28. The van der Waals surface area contributed by atoms with E-state index >= 15 is 0 Å². The summed E-state index contributed by atoms with van der Waals surface area (Å²) < 4.78 is 1.43. The van der Waals surface area contributed by atoms with Crippen molar-refractivity contribution >= 4 is 40.4 Å². The Morgan fingerprint density at radius 2 is 2.13 bits per heavy atom. The van der Waals surface area contributed by atoms with Gasteiger partial charge in [-0.25, -0.2) is 4.98 Å². The second-order valence-electron chi connectivity index (χ2n) is 5.16. The van der Waals surface area contributed by atoms with Crippen LogP contribution >= 0.6 is 23.2 Å². The Labute approximate surface area is 142 Å². The first-order valence-electron chi connectivity index (χ1n) is 6.92. The monoisotopic (exact) mass is 348 g/mol. The van der Waals surface area contributed by atoms with Crippen LogP contribution in [0.2, 0.25) is 10.0 Å². The molecule has 0 saturated carbocycles. The largest absolute Gasteiger partial charge is 0.368 e. The molecule has 0 saturated heterocycles. The lowest BCUT2D eigenvalue weighted by Gasteiger charge is -2.08. The number of rotatable bonds is 3. The third kappa shape index (κ3) is 3.00.